The maximum absolute atomic E-state index is 12.9. The summed E-state index contributed by atoms with van der Waals surface area (Å²) in [5, 5.41) is 12.0. The van der Waals surface area contributed by atoms with E-state index in [1.807, 2.05) is 37.3 Å². The number of fused-ring (bicyclic) bond motifs is 1. The number of nitrogens with zero attached hydrogens (tertiary/aromatic N) is 2. The Morgan fingerprint density at radius 2 is 1.95 bits per heavy atom. The molecule has 1 aromatic carbocycles. The van der Waals surface area contributed by atoms with Gasteiger partial charge in [0.25, 0.3) is 5.91 Å². The van der Waals surface area contributed by atoms with Crippen molar-refractivity contribution in [2.45, 2.75) is 45.1 Å². The fraction of sp³-hybridized carbons (Fsp3) is 0.423. The summed E-state index contributed by atoms with van der Waals surface area (Å²) in [6, 6.07) is 9.58. The van der Waals surface area contributed by atoms with E-state index in [4.69, 9.17) is 19.2 Å². The smallest absolute Gasteiger partial charge is 0.303 e. The van der Waals surface area contributed by atoms with Crippen molar-refractivity contribution in [2.75, 3.05) is 26.8 Å². The summed E-state index contributed by atoms with van der Waals surface area (Å²) < 4.78 is 36.8. The van der Waals surface area contributed by atoms with Gasteiger partial charge in [0.15, 0.2) is 0 Å². The Hall–Kier alpha value is -3.28. The van der Waals surface area contributed by atoms with Crippen LogP contribution in [0.25, 0.3) is 22.4 Å². The Morgan fingerprint density at radius 3 is 2.57 bits per heavy atom. The molecule has 2 N–H and O–H groups in total. The Balaban J connectivity index is 1.64. The van der Waals surface area contributed by atoms with Crippen molar-refractivity contribution >= 4 is 33.9 Å². The number of carbonyl (C=O) groups is 2. The monoisotopic (exact) mass is 529 g/mol. The molecule has 0 aliphatic heterocycles. The van der Waals surface area contributed by atoms with Gasteiger partial charge < -0.3 is 19.6 Å². The summed E-state index contributed by atoms with van der Waals surface area (Å²) in [5.41, 5.74) is 4.02. The zero-order valence-corrected chi connectivity index (χ0v) is 21.8. The fourth-order valence-corrected chi connectivity index (χ4v) is 4.69. The normalized spacial score (nSPS) is 13.5. The minimum atomic E-state index is -2.91. The Morgan fingerprint density at radius 1 is 1.22 bits per heavy atom. The number of aromatic nitrogens is 1. The van der Waals surface area contributed by atoms with E-state index in [1.54, 1.807) is 7.05 Å². The van der Waals surface area contributed by atoms with Crippen LogP contribution in [-0.4, -0.2) is 61.5 Å². The van der Waals surface area contributed by atoms with Crippen LogP contribution in [0.1, 0.15) is 58.8 Å². The molecule has 0 atom stereocenters. The minimum Gasteiger partial charge on any atom is -0.481 e. The molecule has 0 unspecified atom stereocenters. The van der Waals surface area contributed by atoms with Gasteiger partial charge in [-0.05, 0) is 43.7 Å². The number of aryl methyl sites for hydroxylation is 1. The van der Waals surface area contributed by atoms with Crippen molar-refractivity contribution in [3.8, 4) is 11.3 Å². The molecule has 10 nitrogen and oxygen atoms in total. The largest absolute Gasteiger partial charge is 0.481 e. The maximum Gasteiger partial charge on any atom is 0.303 e. The molecule has 0 spiro atoms. The van der Waals surface area contributed by atoms with Crippen LogP contribution < -0.4 is 5.32 Å². The highest BCUT2D eigenvalue weighted by Gasteiger charge is 2.31. The number of amides is 1. The zero-order chi connectivity index (χ0) is 26.5. The van der Waals surface area contributed by atoms with E-state index in [0.29, 0.717) is 28.8 Å². The quantitative estimate of drug-likeness (QED) is 0.227. The third-order valence-corrected chi connectivity index (χ3v) is 7.12. The van der Waals surface area contributed by atoms with Crippen LogP contribution >= 0.6 is 0 Å². The molecule has 198 valence electrons. The van der Waals surface area contributed by atoms with Gasteiger partial charge in [0.2, 0.25) is 16.6 Å². The van der Waals surface area contributed by atoms with Crippen molar-refractivity contribution in [2.24, 2.45) is 0 Å². The molecule has 1 fully saturated rings. The number of aliphatic carboxylic acids is 1. The first-order valence-corrected chi connectivity index (χ1v) is 13.4. The van der Waals surface area contributed by atoms with Crippen LogP contribution in [-0.2, 0) is 27.0 Å². The lowest BCUT2D eigenvalue weighted by molar-refractivity contribution is -0.137. The molecule has 0 saturated heterocycles. The number of thiol groups is 1. The van der Waals surface area contributed by atoms with Gasteiger partial charge in [-0.1, -0.05) is 29.8 Å². The van der Waals surface area contributed by atoms with Crippen molar-refractivity contribution in [3.63, 3.8) is 0 Å². The third-order valence-electron chi connectivity index (χ3n) is 6.32. The minimum absolute atomic E-state index is 0.0000177. The first-order valence-electron chi connectivity index (χ1n) is 12.2. The summed E-state index contributed by atoms with van der Waals surface area (Å²) in [6.07, 6.45) is 2.29. The number of benzene rings is 1. The molecule has 37 heavy (non-hydrogen) atoms. The lowest BCUT2D eigenvalue weighted by atomic mass is 10.0. The maximum atomic E-state index is 12.9. The summed E-state index contributed by atoms with van der Waals surface area (Å²) >= 11 is 0. The van der Waals surface area contributed by atoms with Crippen LogP contribution in [0.5, 0.6) is 0 Å². The topological polar surface area (TPSA) is 139 Å². The molecular formula is C26H31N3O7S. The molecule has 2 heterocycles. The van der Waals surface area contributed by atoms with Gasteiger partial charge in [0, 0.05) is 32.2 Å². The van der Waals surface area contributed by atoms with Gasteiger partial charge in [0.05, 0.1) is 29.8 Å². The third kappa shape index (κ3) is 6.54. The standard InChI is InChI=1S/C26H31N3O7S/c1-16-5-7-18(8-6-16)24-23(25(32)27-2)20-14-19(17-9-10-17)21(28-26(20)36-24)15-29(37(33)34)11-13-35-12-3-4-22(30)31/h5-8,14,17,37H,3-4,9-13,15H2,1-2H3,(H,27,32)(H,30,31). The molecule has 11 heteroatoms. The Bertz CT molecular complexity index is 1350. The van der Waals surface area contributed by atoms with E-state index in [1.165, 1.54) is 4.31 Å². The summed E-state index contributed by atoms with van der Waals surface area (Å²) in [6.45, 7) is 2.53. The SMILES string of the molecule is CNC(=O)c1c(-c2ccc(C)cc2)oc2nc(CN(CCOCCCC(=O)O)[SH](=O)=O)c(C3CC3)cc12. The molecule has 2 aromatic heterocycles. The number of carbonyl (C=O) groups excluding carboxylic acids is 1. The molecular weight excluding hydrogens is 498 g/mol. The average molecular weight is 530 g/mol. The summed E-state index contributed by atoms with van der Waals surface area (Å²) in [4.78, 5) is 28.2. The number of carboxylic acid groups (broad SMARTS) is 1. The number of hydrogen-bond acceptors (Lipinski definition) is 7. The molecule has 3 aromatic rings. The van der Waals surface area contributed by atoms with E-state index in [0.717, 1.165) is 29.5 Å². The lowest BCUT2D eigenvalue weighted by Gasteiger charge is -2.17. The number of carboxylic acids is 1. The lowest BCUT2D eigenvalue weighted by Crippen LogP contribution is -2.27. The van der Waals surface area contributed by atoms with Crippen LogP contribution in [0.15, 0.2) is 34.7 Å². The molecule has 0 radical (unpaired) electrons. The van der Waals surface area contributed by atoms with E-state index < -0.39 is 16.9 Å². The molecule has 1 saturated carbocycles. The Labute approximate surface area is 216 Å². The van der Waals surface area contributed by atoms with E-state index in [9.17, 15) is 18.0 Å². The average Bonchev–Trinajstić information content (AvgIpc) is 3.65. The van der Waals surface area contributed by atoms with Crippen molar-refractivity contribution in [1.29, 1.82) is 0 Å². The van der Waals surface area contributed by atoms with Gasteiger partial charge in [-0.25, -0.2) is 13.4 Å². The van der Waals surface area contributed by atoms with Crippen LogP contribution in [0.4, 0.5) is 0 Å². The van der Waals surface area contributed by atoms with Gasteiger partial charge in [0.1, 0.15) is 5.76 Å². The first-order chi connectivity index (χ1) is 17.8. The molecule has 1 aliphatic rings. The molecule has 1 aliphatic carbocycles. The number of pyridine rings is 1. The van der Waals surface area contributed by atoms with Crippen LogP contribution in [0, 0.1) is 6.92 Å². The van der Waals surface area contributed by atoms with Crippen molar-refractivity contribution in [1.82, 2.24) is 14.6 Å². The predicted octanol–water partition coefficient (Wildman–Crippen LogP) is 3.25. The molecule has 1 amide bonds. The highest BCUT2D eigenvalue weighted by molar-refractivity contribution is 7.69. The van der Waals surface area contributed by atoms with Crippen LogP contribution in [0.2, 0.25) is 0 Å². The van der Waals surface area contributed by atoms with E-state index in [-0.39, 0.29) is 50.3 Å². The zero-order valence-electron chi connectivity index (χ0n) is 20.9. The van der Waals surface area contributed by atoms with Gasteiger partial charge in [-0.15, -0.1) is 0 Å². The van der Waals surface area contributed by atoms with E-state index >= 15 is 0 Å². The highest BCUT2D eigenvalue weighted by Crippen LogP contribution is 2.44. The van der Waals surface area contributed by atoms with Gasteiger partial charge in [-0.3, -0.25) is 9.59 Å². The fourth-order valence-electron chi connectivity index (χ4n) is 4.20. The number of hydrogen-bond donors (Lipinski definition) is 3. The summed E-state index contributed by atoms with van der Waals surface area (Å²) in [7, 11) is -1.34. The first kappa shape index (κ1) is 26.8. The Kier molecular flexibility index (Phi) is 8.57. The van der Waals surface area contributed by atoms with Gasteiger partial charge >= 0.3 is 5.97 Å². The van der Waals surface area contributed by atoms with Crippen molar-refractivity contribution < 1.29 is 32.3 Å². The second kappa shape index (κ2) is 11.8. The van der Waals surface area contributed by atoms with E-state index in [2.05, 4.69) is 5.32 Å². The number of nitrogens with one attached hydrogen (secondary N) is 1. The molecule has 0 bridgehead atoms. The molecule has 4 rings (SSSR count). The summed E-state index contributed by atoms with van der Waals surface area (Å²) in [5.74, 6) is -0.511. The van der Waals surface area contributed by atoms with Gasteiger partial charge in [-0.2, -0.15) is 4.31 Å². The second-order valence-corrected chi connectivity index (χ2v) is 10.2. The number of rotatable bonds is 13. The highest BCUT2D eigenvalue weighted by atomic mass is 32.2. The number of ether oxygens (including phenoxy) is 1. The van der Waals surface area contributed by atoms with Crippen LogP contribution in [0.3, 0.4) is 0 Å². The predicted molar refractivity (Wildman–Crippen MR) is 138 cm³/mol. The number of furan rings is 1. The van der Waals surface area contributed by atoms with Crippen molar-refractivity contribution in [3.05, 3.63) is 52.7 Å². The second-order valence-electron chi connectivity index (χ2n) is 9.14.